The van der Waals surface area contributed by atoms with Gasteiger partial charge < -0.3 is 14.6 Å². The van der Waals surface area contributed by atoms with Crippen molar-refractivity contribution in [2.24, 2.45) is 0 Å². The first-order valence-corrected chi connectivity index (χ1v) is 8.90. The first kappa shape index (κ1) is 15.3. The van der Waals surface area contributed by atoms with Crippen molar-refractivity contribution in [3.8, 4) is 0 Å². The van der Waals surface area contributed by atoms with Crippen LogP contribution >= 0.6 is 11.3 Å². The zero-order valence-electron chi connectivity index (χ0n) is 13.1. The van der Waals surface area contributed by atoms with Gasteiger partial charge in [-0.25, -0.2) is 0 Å². The summed E-state index contributed by atoms with van der Waals surface area (Å²) in [5.41, 5.74) is 1.14. The molecular formula is C17H18N4O2S. The summed E-state index contributed by atoms with van der Waals surface area (Å²) in [7, 11) is 0. The lowest BCUT2D eigenvalue weighted by molar-refractivity contribution is -0.116. The number of para-hydroxylation sites is 1. The van der Waals surface area contributed by atoms with Gasteiger partial charge in [-0.15, -0.1) is 10.2 Å². The number of nitrogens with zero attached hydrogens (tertiary/aromatic N) is 3. The zero-order chi connectivity index (χ0) is 16.4. The molecule has 1 aromatic carbocycles. The monoisotopic (exact) mass is 342 g/mol. The van der Waals surface area contributed by atoms with Crippen LogP contribution in [0.2, 0.25) is 0 Å². The minimum atomic E-state index is -0.0529. The number of fused-ring (bicyclic) bond motifs is 1. The molecule has 1 aliphatic heterocycles. The number of rotatable bonds is 5. The Kier molecular flexibility index (Phi) is 4.27. The van der Waals surface area contributed by atoms with Gasteiger partial charge in [0.2, 0.25) is 11.0 Å². The van der Waals surface area contributed by atoms with Crippen LogP contribution in [0.4, 0.5) is 5.13 Å². The van der Waals surface area contributed by atoms with Crippen molar-refractivity contribution in [2.75, 3.05) is 11.9 Å². The molecule has 1 saturated heterocycles. The van der Waals surface area contributed by atoms with E-state index in [1.807, 2.05) is 18.3 Å². The lowest BCUT2D eigenvalue weighted by atomic mass is 10.2. The lowest BCUT2D eigenvalue weighted by Gasteiger charge is -2.05. The van der Waals surface area contributed by atoms with Gasteiger partial charge >= 0.3 is 0 Å². The minimum absolute atomic E-state index is 0.0411. The van der Waals surface area contributed by atoms with Crippen LogP contribution in [-0.4, -0.2) is 27.3 Å². The van der Waals surface area contributed by atoms with Crippen molar-refractivity contribution in [3.63, 3.8) is 0 Å². The van der Waals surface area contributed by atoms with Crippen LogP contribution in [0.15, 0.2) is 36.5 Å². The molecule has 6 nitrogen and oxygen atoms in total. The van der Waals surface area contributed by atoms with E-state index in [1.165, 1.54) is 16.7 Å². The number of carbonyl (C=O) groups excluding carboxylic acids is 1. The number of carbonyl (C=O) groups is 1. The van der Waals surface area contributed by atoms with Crippen LogP contribution < -0.4 is 5.32 Å². The van der Waals surface area contributed by atoms with E-state index in [4.69, 9.17) is 4.74 Å². The molecule has 0 aliphatic carbocycles. The second-order valence-electron chi connectivity index (χ2n) is 5.81. The maximum Gasteiger partial charge on any atom is 0.227 e. The van der Waals surface area contributed by atoms with E-state index in [1.54, 1.807) is 0 Å². The second kappa shape index (κ2) is 6.70. The van der Waals surface area contributed by atoms with E-state index in [0.717, 1.165) is 30.0 Å². The molecule has 2 aromatic heterocycles. The summed E-state index contributed by atoms with van der Waals surface area (Å²) >= 11 is 1.40. The van der Waals surface area contributed by atoms with Crippen LogP contribution in [0, 0.1) is 0 Å². The summed E-state index contributed by atoms with van der Waals surface area (Å²) < 4.78 is 7.68. The third-order valence-corrected chi connectivity index (χ3v) is 5.08. The van der Waals surface area contributed by atoms with Crippen molar-refractivity contribution >= 4 is 33.3 Å². The largest absolute Gasteiger partial charge is 0.371 e. The third-order valence-electron chi connectivity index (χ3n) is 4.15. The standard InChI is InChI=1S/C17H18N4O2S/c22-15(8-10-21-9-7-12-4-1-2-5-13(12)21)18-17-20-19-16(24-17)14-6-3-11-23-14/h1-2,4-5,7,9,14H,3,6,8,10-11H2,(H,18,20,22). The van der Waals surface area contributed by atoms with E-state index < -0.39 is 0 Å². The fourth-order valence-corrected chi connectivity index (χ4v) is 3.77. The first-order chi connectivity index (χ1) is 11.8. The molecule has 0 saturated carbocycles. The van der Waals surface area contributed by atoms with Gasteiger partial charge in [-0.1, -0.05) is 29.5 Å². The molecule has 1 N–H and O–H groups in total. The molecule has 1 amide bonds. The summed E-state index contributed by atoms with van der Waals surface area (Å²) in [6.45, 7) is 1.41. The van der Waals surface area contributed by atoms with Crippen LogP contribution in [0.3, 0.4) is 0 Å². The molecule has 1 unspecified atom stereocenters. The predicted molar refractivity (Wildman–Crippen MR) is 93.0 cm³/mol. The Morgan fingerprint density at radius 1 is 1.33 bits per heavy atom. The van der Waals surface area contributed by atoms with Gasteiger partial charge in [-0.05, 0) is 30.4 Å². The van der Waals surface area contributed by atoms with Gasteiger partial charge in [-0.3, -0.25) is 4.79 Å². The predicted octanol–water partition coefficient (Wildman–Crippen LogP) is 3.37. The number of hydrogen-bond donors (Lipinski definition) is 1. The van der Waals surface area contributed by atoms with Gasteiger partial charge in [-0.2, -0.15) is 0 Å². The van der Waals surface area contributed by atoms with Crippen molar-refractivity contribution < 1.29 is 9.53 Å². The maximum absolute atomic E-state index is 12.2. The molecule has 4 rings (SSSR count). The summed E-state index contributed by atoms with van der Waals surface area (Å²) in [6.07, 6.45) is 4.48. The Hall–Kier alpha value is -2.25. The van der Waals surface area contributed by atoms with Crippen LogP contribution in [0.5, 0.6) is 0 Å². The molecule has 0 spiro atoms. The highest BCUT2D eigenvalue weighted by atomic mass is 32.1. The molecule has 7 heteroatoms. The molecule has 0 bridgehead atoms. The van der Waals surface area contributed by atoms with Gasteiger partial charge in [0.15, 0.2) is 0 Å². The Labute approximate surface area is 143 Å². The van der Waals surface area contributed by atoms with E-state index in [2.05, 4.69) is 38.3 Å². The Balaban J connectivity index is 1.35. The fourth-order valence-electron chi connectivity index (χ4n) is 2.93. The van der Waals surface area contributed by atoms with Crippen molar-refractivity contribution in [1.29, 1.82) is 0 Å². The van der Waals surface area contributed by atoms with Crippen LogP contribution in [0.25, 0.3) is 10.9 Å². The van der Waals surface area contributed by atoms with Crippen LogP contribution in [-0.2, 0) is 16.1 Å². The number of aryl methyl sites for hydroxylation is 1. The SMILES string of the molecule is O=C(CCn1ccc2ccccc21)Nc1nnc(C2CCCO2)s1. The van der Waals surface area contributed by atoms with Crippen molar-refractivity contribution in [3.05, 3.63) is 41.5 Å². The number of ether oxygens (including phenoxy) is 1. The second-order valence-corrected chi connectivity index (χ2v) is 6.82. The number of nitrogens with one attached hydrogen (secondary N) is 1. The number of anilines is 1. The van der Waals surface area contributed by atoms with Crippen molar-refractivity contribution in [1.82, 2.24) is 14.8 Å². The fraction of sp³-hybridized carbons (Fsp3) is 0.353. The van der Waals surface area contributed by atoms with Gasteiger partial charge in [0.25, 0.3) is 0 Å². The molecule has 3 aromatic rings. The van der Waals surface area contributed by atoms with Gasteiger partial charge in [0, 0.05) is 31.3 Å². The van der Waals surface area contributed by atoms with Crippen molar-refractivity contribution in [2.45, 2.75) is 31.9 Å². The highest BCUT2D eigenvalue weighted by Crippen LogP contribution is 2.31. The molecular weight excluding hydrogens is 324 g/mol. The smallest absolute Gasteiger partial charge is 0.227 e. The number of aromatic nitrogens is 3. The lowest BCUT2D eigenvalue weighted by Crippen LogP contribution is -2.14. The molecule has 1 fully saturated rings. The molecule has 0 radical (unpaired) electrons. The van der Waals surface area contributed by atoms with E-state index >= 15 is 0 Å². The number of amides is 1. The maximum atomic E-state index is 12.2. The van der Waals surface area contributed by atoms with Gasteiger partial charge in [0.05, 0.1) is 0 Å². The average molecular weight is 342 g/mol. The third kappa shape index (κ3) is 3.18. The Bertz CT molecular complexity index is 851. The highest BCUT2D eigenvalue weighted by molar-refractivity contribution is 7.15. The molecule has 3 heterocycles. The van der Waals surface area contributed by atoms with E-state index in [0.29, 0.717) is 18.1 Å². The Morgan fingerprint density at radius 3 is 3.12 bits per heavy atom. The number of benzene rings is 1. The summed E-state index contributed by atoms with van der Waals surface area (Å²) in [5.74, 6) is -0.0529. The zero-order valence-corrected chi connectivity index (χ0v) is 14.0. The first-order valence-electron chi connectivity index (χ1n) is 8.08. The molecule has 24 heavy (non-hydrogen) atoms. The van der Waals surface area contributed by atoms with E-state index in [9.17, 15) is 4.79 Å². The Morgan fingerprint density at radius 2 is 2.25 bits per heavy atom. The van der Waals surface area contributed by atoms with E-state index in [-0.39, 0.29) is 12.0 Å². The summed E-state index contributed by atoms with van der Waals surface area (Å²) in [6, 6.07) is 10.2. The molecule has 124 valence electrons. The normalized spacial score (nSPS) is 17.4. The number of hydrogen-bond acceptors (Lipinski definition) is 5. The summed E-state index contributed by atoms with van der Waals surface area (Å²) in [5, 5.41) is 13.6. The minimum Gasteiger partial charge on any atom is -0.371 e. The molecule has 1 atom stereocenters. The van der Waals surface area contributed by atoms with Gasteiger partial charge in [0.1, 0.15) is 11.1 Å². The van der Waals surface area contributed by atoms with Crippen LogP contribution in [0.1, 0.15) is 30.4 Å². The topological polar surface area (TPSA) is 69.0 Å². The summed E-state index contributed by atoms with van der Waals surface area (Å²) in [4.78, 5) is 12.2. The highest BCUT2D eigenvalue weighted by Gasteiger charge is 2.22. The quantitative estimate of drug-likeness (QED) is 0.772. The molecule has 1 aliphatic rings. The average Bonchev–Trinajstić information content (AvgIpc) is 3.33.